The van der Waals surface area contributed by atoms with E-state index in [9.17, 15) is 13.6 Å². The van der Waals surface area contributed by atoms with Crippen molar-refractivity contribution in [2.45, 2.75) is 19.9 Å². The lowest BCUT2D eigenvalue weighted by molar-refractivity contribution is 0.0939. The fraction of sp³-hybridized carbons (Fsp3) is 0.188. The summed E-state index contributed by atoms with van der Waals surface area (Å²) < 4.78 is 26.5. The fourth-order valence-electron chi connectivity index (χ4n) is 2.00. The normalized spacial score (nSPS) is 12.0. The van der Waals surface area contributed by atoms with Gasteiger partial charge in [0.05, 0.1) is 6.04 Å². The van der Waals surface area contributed by atoms with Gasteiger partial charge in [-0.3, -0.25) is 4.79 Å². The van der Waals surface area contributed by atoms with Gasteiger partial charge in [-0.05, 0) is 32.0 Å². The molecule has 2 aromatic carbocycles. The third kappa shape index (κ3) is 3.20. The van der Waals surface area contributed by atoms with Crippen molar-refractivity contribution in [1.82, 2.24) is 5.32 Å². The molecule has 2 nitrogen and oxygen atoms in total. The van der Waals surface area contributed by atoms with Gasteiger partial charge < -0.3 is 5.32 Å². The van der Waals surface area contributed by atoms with Crippen LogP contribution in [0.25, 0.3) is 0 Å². The van der Waals surface area contributed by atoms with Crippen molar-refractivity contribution >= 4 is 5.91 Å². The Bertz CT molecular complexity index is 640. The van der Waals surface area contributed by atoms with Gasteiger partial charge in [0.25, 0.3) is 5.91 Å². The van der Waals surface area contributed by atoms with Crippen LogP contribution in [0.4, 0.5) is 8.78 Å². The minimum Gasteiger partial charge on any atom is -0.345 e. The van der Waals surface area contributed by atoms with Gasteiger partial charge in [0.15, 0.2) is 0 Å². The predicted octanol–water partition coefficient (Wildman–Crippen LogP) is 3.76. The van der Waals surface area contributed by atoms with Gasteiger partial charge in [0.1, 0.15) is 11.6 Å². The van der Waals surface area contributed by atoms with Gasteiger partial charge in [0, 0.05) is 17.2 Å². The summed E-state index contributed by atoms with van der Waals surface area (Å²) in [7, 11) is 0. The Kier molecular flexibility index (Phi) is 4.13. The molecule has 0 aromatic heterocycles. The number of carbonyl (C=O) groups excluding carboxylic acids is 1. The number of amides is 1. The molecule has 0 aliphatic heterocycles. The number of aryl methyl sites for hydroxylation is 1. The van der Waals surface area contributed by atoms with Gasteiger partial charge in [-0.2, -0.15) is 0 Å². The average Bonchev–Trinajstić information content (AvgIpc) is 2.38. The zero-order chi connectivity index (χ0) is 14.7. The molecule has 0 spiro atoms. The van der Waals surface area contributed by atoms with Gasteiger partial charge in [-0.15, -0.1) is 0 Å². The van der Waals surface area contributed by atoms with E-state index in [2.05, 4.69) is 5.32 Å². The molecular formula is C16H15F2NO. The first-order chi connectivity index (χ1) is 9.47. The van der Waals surface area contributed by atoms with Crippen LogP contribution in [0.5, 0.6) is 0 Å². The molecule has 1 N–H and O–H groups in total. The standard InChI is InChI=1S/C16H15F2NO/c1-10-4-3-5-12(8-10)16(20)19-11(2)14-7-6-13(17)9-15(14)18/h3-9,11H,1-2H3,(H,19,20)/t11-/m1/s1. The van der Waals surface area contributed by atoms with Crippen molar-refractivity contribution < 1.29 is 13.6 Å². The number of hydrogen-bond acceptors (Lipinski definition) is 1. The van der Waals surface area contributed by atoms with E-state index in [1.165, 1.54) is 12.1 Å². The Morgan fingerprint density at radius 1 is 1.15 bits per heavy atom. The summed E-state index contributed by atoms with van der Waals surface area (Å²) in [5.41, 5.74) is 1.74. The molecule has 1 amide bonds. The number of carbonyl (C=O) groups is 1. The van der Waals surface area contributed by atoms with Crippen LogP contribution in [0, 0.1) is 18.6 Å². The van der Waals surface area contributed by atoms with E-state index in [1.807, 2.05) is 13.0 Å². The molecule has 1 atom stereocenters. The molecule has 4 heteroatoms. The van der Waals surface area contributed by atoms with Crippen LogP contribution in [-0.2, 0) is 0 Å². The fourth-order valence-corrected chi connectivity index (χ4v) is 2.00. The summed E-state index contributed by atoms with van der Waals surface area (Å²) in [6.45, 7) is 3.55. The average molecular weight is 275 g/mol. The van der Waals surface area contributed by atoms with Crippen molar-refractivity contribution in [2.24, 2.45) is 0 Å². The summed E-state index contributed by atoms with van der Waals surface area (Å²) in [5, 5.41) is 2.70. The van der Waals surface area contributed by atoms with Gasteiger partial charge in [-0.1, -0.05) is 23.8 Å². The summed E-state index contributed by atoms with van der Waals surface area (Å²) in [6, 6.07) is 9.90. The van der Waals surface area contributed by atoms with Crippen LogP contribution < -0.4 is 5.32 Å². The molecule has 0 saturated heterocycles. The van der Waals surface area contributed by atoms with Gasteiger partial charge in [-0.25, -0.2) is 8.78 Å². The van der Waals surface area contributed by atoms with E-state index in [1.54, 1.807) is 25.1 Å². The van der Waals surface area contributed by atoms with Crippen molar-refractivity contribution in [3.8, 4) is 0 Å². The van der Waals surface area contributed by atoms with Gasteiger partial charge >= 0.3 is 0 Å². The van der Waals surface area contributed by atoms with Crippen molar-refractivity contribution in [2.75, 3.05) is 0 Å². The highest BCUT2D eigenvalue weighted by molar-refractivity contribution is 5.94. The van der Waals surface area contributed by atoms with Crippen molar-refractivity contribution in [1.29, 1.82) is 0 Å². The quantitative estimate of drug-likeness (QED) is 0.907. The maximum atomic E-state index is 13.6. The maximum absolute atomic E-state index is 13.6. The first-order valence-electron chi connectivity index (χ1n) is 6.30. The van der Waals surface area contributed by atoms with Crippen LogP contribution in [0.15, 0.2) is 42.5 Å². The van der Waals surface area contributed by atoms with Crippen LogP contribution in [-0.4, -0.2) is 5.91 Å². The third-order valence-electron chi connectivity index (χ3n) is 3.06. The second kappa shape index (κ2) is 5.82. The van der Waals surface area contributed by atoms with E-state index in [0.29, 0.717) is 5.56 Å². The molecule has 0 saturated carbocycles. The highest BCUT2D eigenvalue weighted by Gasteiger charge is 2.15. The largest absolute Gasteiger partial charge is 0.345 e. The molecule has 104 valence electrons. The number of rotatable bonds is 3. The molecule has 0 fully saturated rings. The molecule has 0 aliphatic rings. The molecule has 0 radical (unpaired) electrons. The topological polar surface area (TPSA) is 29.1 Å². The molecule has 0 bridgehead atoms. The number of halogens is 2. The molecule has 0 heterocycles. The lowest BCUT2D eigenvalue weighted by Crippen LogP contribution is -2.27. The van der Waals surface area contributed by atoms with Crippen LogP contribution in [0.1, 0.15) is 34.5 Å². The smallest absolute Gasteiger partial charge is 0.251 e. The summed E-state index contributed by atoms with van der Waals surface area (Å²) in [5.74, 6) is -1.59. The Morgan fingerprint density at radius 2 is 1.90 bits per heavy atom. The second-order valence-corrected chi connectivity index (χ2v) is 4.73. The number of nitrogens with one attached hydrogen (secondary N) is 1. The summed E-state index contributed by atoms with van der Waals surface area (Å²) in [6.07, 6.45) is 0. The molecule has 0 aliphatic carbocycles. The van der Waals surface area contributed by atoms with Crippen LogP contribution in [0.2, 0.25) is 0 Å². The van der Waals surface area contributed by atoms with E-state index in [0.717, 1.165) is 11.6 Å². The lowest BCUT2D eigenvalue weighted by Gasteiger charge is -2.15. The molecule has 2 aromatic rings. The number of benzene rings is 2. The highest BCUT2D eigenvalue weighted by Crippen LogP contribution is 2.18. The molecular weight excluding hydrogens is 260 g/mol. The monoisotopic (exact) mass is 275 g/mol. The van der Waals surface area contributed by atoms with Gasteiger partial charge in [0.2, 0.25) is 0 Å². The summed E-state index contributed by atoms with van der Waals surface area (Å²) in [4.78, 5) is 12.1. The maximum Gasteiger partial charge on any atom is 0.251 e. The van der Waals surface area contributed by atoms with E-state index < -0.39 is 17.7 Å². The zero-order valence-electron chi connectivity index (χ0n) is 11.3. The Labute approximate surface area is 116 Å². The number of hydrogen-bond donors (Lipinski definition) is 1. The highest BCUT2D eigenvalue weighted by atomic mass is 19.1. The predicted molar refractivity (Wildman–Crippen MR) is 73.4 cm³/mol. The van der Waals surface area contributed by atoms with E-state index in [-0.39, 0.29) is 11.5 Å². The second-order valence-electron chi connectivity index (χ2n) is 4.73. The summed E-state index contributed by atoms with van der Waals surface area (Å²) >= 11 is 0. The Hall–Kier alpha value is -2.23. The van der Waals surface area contributed by atoms with Crippen LogP contribution in [0.3, 0.4) is 0 Å². The SMILES string of the molecule is Cc1cccc(C(=O)N[C@H](C)c2ccc(F)cc2F)c1. The van der Waals surface area contributed by atoms with Crippen molar-refractivity contribution in [3.05, 3.63) is 70.8 Å². The van der Waals surface area contributed by atoms with E-state index >= 15 is 0 Å². The third-order valence-corrected chi connectivity index (χ3v) is 3.06. The van der Waals surface area contributed by atoms with Crippen LogP contribution >= 0.6 is 0 Å². The zero-order valence-corrected chi connectivity index (χ0v) is 11.3. The first kappa shape index (κ1) is 14.2. The minimum absolute atomic E-state index is 0.257. The Morgan fingerprint density at radius 3 is 2.55 bits per heavy atom. The van der Waals surface area contributed by atoms with Crippen molar-refractivity contribution in [3.63, 3.8) is 0 Å². The Balaban J connectivity index is 2.15. The lowest BCUT2D eigenvalue weighted by atomic mass is 10.1. The van der Waals surface area contributed by atoms with E-state index in [4.69, 9.17) is 0 Å². The molecule has 0 unspecified atom stereocenters. The molecule has 20 heavy (non-hydrogen) atoms. The molecule has 2 rings (SSSR count). The minimum atomic E-state index is -0.665. The first-order valence-corrected chi connectivity index (χ1v) is 6.30.